The lowest BCUT2D eigenvalue weighted by molar-refractivity contribution is -0.121. The highest BCUT2D eigenvalue weighted by Crippen LogP contribution is 2.14. The zero-order chi connectivity index (χ0) is 15.9. The minimum atomic E-state index is 0.0443. The van der Waals surface area contributed by atoms with Crippen molar-refractivity contribution in [2.45, 2.75) is 33.1 Å². The Bertz CT molecular complexity index is 615. The first-order valence-electron chi connectivity index (χ1n) is 7.41. The molecule has 2 aromatic rings. The highest BCUT2D eigenvalue weighted by molar-refractivity contribution is 5.76. The molecule has 118 valence electrons. The number of ether oxygens (including phenoxy) is 1. The number of hydrogen-bond acceptors (Lipinski definition) is 4. The molecular formula is C17H22N2O3. The Labute approximate surface area is 130 Å². The van der Waals surface area contributed by atoms with Gasteiger partial charge < -0.3 is 14.6 Å². The summed E-state index contributed by atoms with van der Waals surface area (Å²) in [6.45, 7) is 4.39. The summed E-state index contributed by atoms with van der Waals surface area (Å²) in [4.78, 5) is 11.9. The summed E-state index contributed by atoms with van der Waals surface area (Å²) in [5.74, 6) is 1.67. The zero-order valence-corrected chi connectivity index (χ0v) is 13.3. The number of amides is 1. The Balaban J connectivity index is 1.74. The molecule has 0 bridgehead atoms. The van der Waals surface area contributed by atoms with Crippen LogP contribution in [-0.4, -0.2) is 24.7 Å². The van der Waals surface area contributed by atoms with E-state index in [9.17, 15) is 4.79 Å². The van der Waals surface area contributed by atoms with Crippen molar-refractivity contribution in [3.8, 4) is 5.75 Å². The van der Waals surface area contributed by atoms with Gasteiger partial charge in [0.05, 0.1) is 12.8 Å². The van der Waals surface area contributed by atoms with Gasteiger partial charge in [0.15, 0.2) is 0 Å². The highest BCUT2D eigenvalue weighted by atomic mass is 16.5. The Kier molecular flexibility index (Phi) is 5.58. The van der Waals surface area contributed by atoms with Gasteiger partial charge in [-0.2, -0.15) is 0 Å². The summed E-state index contributed by atoms with van der Waals surface area (Å²) in [6.07, 6.45) is 1.89. The predicted octanol–water partition coefficient (Wildman–Crippen LogP) is 2.59. The minimum absolute atomic E-state index is 0.0443. The van der Waals surface area contributed by atoms with Gasteiger partial charge in [-0.3, -0.25) is 4.79 Å². The molecule has 5 heteroatoms. The van der Waals surface area contributed by atoms with Gasteiger partial charge >= 0.3 is 0 Å². The van der Waals surface area contributed by atoms with Gasteiger partial charge in [0.2, 0.25) is 5.91 Å². The van der Waals surface area contributed by atoms with Crippen molar-refractivity contribution in [2.75, 3.05) is 13.7 Å². The van der Waals surface area contributed by atoms with Crippen LogP contribution >= 0.6 is 0 Å². The normalized spacial score (nSPS) is 10.5. The fourth-order valence-electron chi connectivity index (χ4n) is 2.36. The van der Waals surface area contributed by atoms with Crippen LogP contribution < -0.4 is 10.1 Å². The molecule has 1 aromatic heterocycles. The second-order valence-electron chi connectivity index (χ2n) is 5.25. The van der Waals surface area contributed by atoms with Crippen molar-refractivity contribution < 1.29 is 14.1 Å². The van der Waals surface area contributed by atoms with Crippen LogP contribution in [0.2, 0.25) is 0 Å². The van der Waals surface area contributed by atoms with E-state index in [1.165, 1.54) is 0 Å². The maximum atomic E-state index is 11.9. The molecule has 0 saturated heterocycles. The average Bonchev–Trinajstić information content (AvgIpc) is 2.84. The monoisotopic (exact) mass is 302 g/mol. The Hall–Kier alpha value is -2.30. The molecule has 0 spiro atoms. The Morgan fingerprint density at radius 1 is 1.32 bits per heavy atom. The lowest BCUT2D eigenvalue weighted by Gasteiger charge is -2.07. The van der Waals surface area contributed by atoms with Crippen LogP contribution in [0.3, 0.4) is 0 Å². The fraction of sp³-hybridized carbons (Fsp3) is 0.412. The van der Waals surface area contributed by atoms with Gasteiger partial charge in [-0.05, 0) is 44.4 Å². The number of aromatic nitrogens is 1. The molecular weight excluding hydrogens is 280 g/mol. The largest absolute Gasteiger partial charge is 0.497 e. The number of hydrogen-bond donors (Lipinski definition) is 1. The predicted molar refractivity (Wildman–Crippen MR) is 84.0 cm³/mol. The van der Waals surface area contributed by atoms with Crippen molar-refractivity contribution in [1.29, 1.82) is 0 Å². The molecule has 1 aromatic carbocycles. The summed E-state index contributed by atoms with van der Waals surface area (Å²) in [5, 5.41) is 6.83. The van der Waals surface area contributed by atoms with Crippen molar-refractivity contribution in [2.24, 2.45) is 0 Å². The molecule has 0 unspecified atom stereocenters. The molecule has 1 heterocycles. The first-order chi connectivity index (χ1) is 10.6. The molecule has 0 aliphatic heterocycles. The third kappa shape index (κ3) is 4.35. The zero-order valence-electron chi connectivity index (χ0n) is 13.3. The molecule has 0 aliphatic rings. The SMILES string of the molecule is COc1cccc(CCNC(=O)CCc2c(C)noc2C)c1. The van der Waals surface area contributed by atoms with E-state index < -0.39 is 0 Å². The topological polar surface area (TPSA) is 64.4 Å². The van der Waals surface area contributed by atoms with Crippen LogP contribution in [0.1, 0.15) is 29.0 Å². The lowest BCUT2D eigenvalue weighted by atomic mass is 10.1. The van der Waals surface area contributed by atoms with Crippen molar-refractivity contribution in [1.82, 2.24) is 10.5 Å². The standard InChI is InChI=1S/C17H22N2O3/c1-12-16(13(2)22-19-12)7-8-17(20)18-10-9-14-5-4-6-15(11-14)21-3/h4-6,11H,7-10H2,1-3H3,(H,18,20). The third-order valence-electron chi connectivity index (χ3n) is 3.65. The van der Waals surface area contributed by atoms with Gasteiger partial charge in [-0.15, -0.1) is 0 Å². The minimum Gasteiger partial charge on any atom is -0.497 e. The molecule has 1 amide bonds. The summed E-state index contributed by atoms with van der Waals surface area (Å²) in [7, 11) is 1.65. The first kappa shape index (κ1) is 16.1. The van der Waals surface area contributed by atoms with Crippen LogP contribution in [0.5, 0.6) is 5.75 Å². The van der Waals surface area contributed by atoms with E-state index in [0.29, 0.717) is 19.4 Å². The van der Waals surface area contributed by atoms with E-state index in [4.69, 9.17) is 9.26 Å². The van der Waals surface area contributed by atoms with Gasteiger partial charge in [-0.25, -0.2) is 0 Å². The maximum Gasteiger partial charge on any atom is 0.220 e. The van der Waals surface area contributed by atoms with Gasteiger partial charge in [0.25, 0.3) is 0 Å². The van der Waals surface area contributed by atoms with Crippen molar-refractivity contribution in [3.05, 3.63) is 46.8 Å². The molecule has 5 nitrogen and oxygen atoms in total. The quantitative estimate of drug-likeness (QED) is 0.854. The molecule has 22 heavy (non-hydrogen) atoms. The van der Waals surface area contributed by atoms with Crippen molar-refractivity contribution >= 4 is 5.91 Å². The number of carbonyl (C=O) groups is 1. The summed E-state index contributed by atoms with van der Waals surface area (Å²) >= 11 is 0. The van der Waals surface area contributed by atoms with E-state index in [0.717, 1.165) is 34.8 Å². The van der Waals surface area contributed by atoms with Crippen molar-refractivity contribution in [3.63, 3.8) is 0 Å². The van der Waals surface area contributed by atoms with E-state index in [1.54, 1.807) is 7.11 Å². The first-order valence-corrected chi connectivity index (χ1v) is 7.41. The number of aryl methyl sites for hydroxylation is 2. The number of rotatable bonds is 7. The van der Waals surface area contributed by atoms with Gasteiger partial charge in [-0.1, -0.05) is 17.3 Å². The van der Waals surface area contributed by atoms with Crippen LogP contribution in [0.25, 0.3) is 0 Å². The molecule has 0 saturated carbocycles. The fourth-order valence-corrected chi connectivity index (χ4v) is 2.36. The second kappa shape index (κ2) is 7.64. The number of nitrogens with zero attached hydrogens (tertiary/aromatic N) is 1. The maximum absolute atomic E-state index is 11.9. The molecule has 2 rings (SSSR count). The Morgan fingerprint density at radius 2 is 2.14 bits per heavy atom. The molecule has 0 aliphatic carbocycles. The van der Waals surface area contributed by atoms with Crippen LogP contribution in [-0.2, 0) is 17.6 Å². The van der Waals surface area contributed by atoms with Crippen LogP contribution in [0.4, 0.5) is 0 Å². The number of carbonyl (C=O) groups excluding carboxylic acids is 1. The van der Waals surface area contributed by atoms with Gasteiger partial charge in [0, 0.05) is 18.5 Å². The van der Waals surface area contributed by atoms with E-state index in [-0.39, 0.29) is 5.91 Å². The molecule has 1 N–H and O–H groups in total. The smallest absolute Gasteiger partial charge is 0.220 e. The van der Waals surface area contributed by atoms with E-state index in [1.807, 2.05) is 38.1 Å². The Morgan fingerprint density at radius 3 is 2.82 bits per heavy atom. The van der Waals surface area contributed by atoms with E-state index in [2.05, 4.69) is 10.5 Å². The average molecular weight is 302 g/mol. The summed E-state index contributed by atoms with van der Waals surface area (Å²) in [6, 6.07) is 7.87. The highest BCUT2D eigenvalue weighted by Gasteiger charge is 2.10. The van der Waals surface area contributed by atoms with Crippen LogP contribution in [0.15, 0.2) is 28.8 Å². The summed E-state index contributed by atoms with van der Waals surface area (Å²) in [5.41, 5.74) is 3.04. The third-order valence-corrected chi connectivity index (χ3v) is 3.65. The van der Waals surface area contributed by atoms with E-state index >= 15 is 0 Å². The molecule has 0 fully saturated rings. The van der Waals surface area contributed by atoms with Crippen LogP contribution in [0, 0.1) is 13.8 Å². The van der Waals surface area contributed by atoms with Gasteiger partial charge in [0.1, 0.15) is 11.5 Å². The number of nitrogens with one attached hydrogen (secondary N) is 1. The number of benzene rings is 1. The second-order valence-corrected chi connectivity index (χ2v) is 5.25. The number of methoxy groups -OCH3 is 1. The summed E-state index contributed by atoms with van der Waals surface area (Å²) < 4.78 is 10.3. The molecule has 0 radical (unpaired) electrons. The lowest BCUT2D eigenvalue weighted by Crippen LogP contribution is -2.25. The molecule has 0 atom stereocenters.